The van der Waals surface area contributed by atoms with Crippen LogP contribution in [0.3, 0.4) is 0 Å². The Balaban J connectivity index is 1.58. The summed E-state index contributed by atoms with van der Waals surface area (Å²) in [7, 11) is -3.24. The summed E-state index contributed by atoms with van der Waals surface area (Å²) >= 11 is 0. The molecular weight excluding hydrogens is 564 g/mol. The maximum Gasteiger partial charge on any atom is 0.336 e. The van der Waals surface area contributed by atoms with E-state index in [9.17, 15) is 23.3 Å². The molecule has 5 aromatic rings. The number of carbonyl (C=O) groups is 1. The third-order valence-electron chi connectivity index (χ3n) is 7.13. The molecule has 0 saturated carbocycles. The van der Waals surface area contributed by atoms with Crippen molar-refractivity contribution >= 4 is 38.5 Å². The van der Waals surface area contributed by atoms with Crippen LogP contribution in [-0.2, 0) is 21.1 Å². The highest BCUT2D eigenvalue weighted by Gasteiger charge is 2.18. The average Bonchev–Trinajstić information content (AvgIpc) is 3.00. The highest BCUT2D eigenvalue weighted by Crippen LogP contribution is 2.35. The van der Waals surface area contributed by atoms with Gasteiger partial charge in [0.15, 0.2) is 0 Å². The Labute approximate surface area is 249 Å². The van der Waals surface area contributed by atoms with Crippen molar-refractivity contribution in [3.05, 3.63) is 131 Å². The average molecular weight is 593 g/mol. The summed E-state index contributed by atoms with van der Waals surface area (Å²) in [4.78, 5) is 27.8. The molecule has 1 atom stereocenters. The first-order valence-corrected chi connectivity index (χ1v) is 15.4. The van der Waals surface area contributed by atoms with E-state index in [2.05, 4.69) is 4.98 Å². The zero-order valence-corrected chi connectivity index (χ0v) is 24.3. The van der Waals surface area contributed by atoms with Gasteiger partial charge in [-0.25, -0.2) is 13.2 Å². The van der Waals surface area contributed by atoms with E-state index in [0.717, 1.165) is 44.3 Å². The maximum absolute atomic E-state index is 12.7. The number of pyridine rings is 1. The number of benzene rings is 4. The van der Waals surface area contributed by atoms with Crippen LogP contribution < -0.4 is 4.74 Å². The van der Waals surface area contributed by atoms with Crippen LogP contribution >= 0.6 is 0 Å². The van der Waals surface area contributed by atoms with E-state index in [-0.39, 0.29) is 11.4 Å². The topological polar surface area (TPSA) is 116 Å². The first kappa shape index (κ1) is 29.3. The number of ether oxygens (including phenoxy) is 1. The molecule has 8 nitrogen and oxygen atoms in total. The van der Waals surface area contributed by atoms with Gasteiger partial charge in [0.2, 0.25) is 0 Å². The van der Waals surface area contributed by atoms with Crippen molar-refractivity contribution in [1.29, 1.82) is 0 Å². The van der Waals surface area contributed by atoms with Gasteiger partial charge in [-0.05, 0) is 83.6 Å². The number of hydrogen-bond donors (Lipinski definition) is 0. The summed E-state index contributed by atoms with van der Waals surface area (Å²) in [6.45, 7) is 1.70. The minimum atomic E-state index is -3.24. The number of aromatic nitrogens is 1. The molecule has 0 bridgehead atoms. The van der Waals surface area contributed by atoms with Crippen LogP contribution in [0, 0.1) is 10.1 Å². The fraction of sp³-hybridized carbons (Fsp3) is 0.118. The molecule has 0 aliphatic heterocycles. The van der Waals surface area contributed by atoms with Crippen LogP contribution in [0.4, 0.5) is 5.69 Å². The number of nitro benzene ring substituents is 1. The first-order chi connectivity index (χ1) is 20.6. The molecule has 1 unspecified atom stereocenters. The zero-order chi connectivity index (χ0) is 30.6. The van der Waals surface area contributed by atoms with Crippen molar-refractivity contribution in [1.82, 2.24) is 4.98 Å². The Morgan fingerprint density at radius 2 is 1.67 bits per heavy atom. The molecule has 5 rings (SSSR count). The van der Waals surface area contributed by atoms with Gasteiger partial charge in [0.1, 0.15) is 15.6 Å². The third-order valence-corrected chi connectivity index (χ3v) is 8.76. The van der Waals surface area contributed by atoms with Crippen molar-refractivity contribution in [2.75, 3.05) is 6.26 Å². The van der Waals surface area contributed by atoms with E-state index < -0.39 is 26.0 Å². The Morgan fingerprint density at radius 3 is 2.37 bits per heavy atom. The molecule has 0 radical (unpaired) electrons. The van der Waals surface area contributed by atoms with Crippen LogP contribution in [0.15, 0.2) is 109 Å². The summed E-state index contributed by atoms with van der Waals surface area (Å²) in [6.07, 6.45) is 6.24. The fourth-order valence-electron chi connectivity index (χ4n) is 4.75. The van der Waals surface area contributed by atoms with Gasteiger partial charge >= 0.3 is 5.97 Å². The highest BCUT2D eigenvalue weighted by atomic mass is 32.2. The lowest BCUT2D eigenvalue weighted by atomic mass is 9.91. The quantitative estimate of drug-likeness (QED) is 0.0591. The lowest BCUT2D eigenvalue weighted by Crippen LogP contribution is -2.18. The molecule has 4 aromatic carbocycles. The molecule has 0 amide bonds. The van der Waals surface area contributed by atoms with Crippen molar-refractivity contribution in [3.8, 4) is 28.0 Å². The van der Waals surface area contributed by atoms with E-state index >= 15 is 0 Å². The van der Waals surface area contributed by atoms with Gasteiger partial charge in [0.05, 0.1) is 15.7 Å². The van der Waals surface area contributed by atoms with E-state index in [1.807, 2.05) is 72.8 Å². The van der Waals surface area contributed by atoms with Gasteiger partial charge in [-0.3, -0.25) is 15.1 Å². The van der Waals surface area contributed by atoms with Crippen LogP contribution in [0.2, 0.25) is 0 Å². The summed E-state index contributed by atoms with van der Waals surface area (Å²) in [6, 6.07) is 28.8. The molecule has 0 saturated heterocycles. The summed E-state index contributed by atoms with van der Waals surface area (Å²) in [5.74, 6) is -0.464. The van der Waals surface area contributed by atoms with E-state index in [1.54, 1.807) is 19.2 Å². The van der Waals surface area contributed by atoms with Crippen LogP contribution in [0.1, 0.15) is 18.1 Å². The van der Waals surface area contributed by atoms with Crippen molar-refractivity contribution < 1.29 is 22.9 Å². The number of rotatable bonds is 9. The maximum atomic E-state index is 12.7. The predicted molar refractivity (Wildman–Crippen MR) is 168 cm³/mol. The van der Waals surface area contributed by atoms with Crippen LogP contribution in [0.25, 0.3) is 39.2 Å². The Kier molecular flexibility index (Phi) is 8.45. The highest BCUT2D eigenvalue weighted by molar-refractivity contribution is 7.91. The van der Waals surface area contributed by atoms with Gasteiger partial charge in [0.25, 0.3) is 5.69 Å². The standard InChI is InChI=1S/C34H28N2O6S/c1-23(43(2,40)41)19-24-20-28-9-6-18-35-34(28)32(21-24)31-22-27(25-7-4-3-5-8-25)11-10-26(31)12-17-33(37)42-30-15-13-29(14-16-30)36(38)39/h3-18,20-23H,19H2,1-2H3. The molecular formula is C34H28N2O6S. The fourth-order valence-corrected chi connectivity index (χ4v) is 5.25. The van der Waals surface area contributed by atoms with Gasteiger partial charge in [-0.1, -0.05) is 48.5 Å². The minimum Gasteiger partial charge on any atom is -0.423 e. The molecule has 1 aromatic heterocycles. The van der Waals surface area contributed by atoms with Crippen LogP contribution in [-0.4, -0.2) is 35.8 Å². The Bertz CT molecular complexity index is 1950. The zero-order valence-electron chi connectivity index (χ0n) is 23.5. The second kappa shape index (κ2) is 12.4. The molecule has 0 aliphatic rings. The number of carbonyl (C=O) groups excluding carboxylic acids is 1. The monoisotopic (exact) mass is 592 g/mol. The second-order valence-corrected chi connectivity index (χ2v) is 12.7. The van der Waals surface area contributed by atoms with Gasteiger partial charge in [-0.15, -0.1) is 0 Å². The first-order valence-electron chi connectivity index (χ1n) is 13.5. The number of nitrogens with zero attached hydrogens (tertiary/aromatic N) is 2. The van der Waals surface area contributed by atoms with Gasteiger partial charge in [-0.2, -0.15) is 0 Å². The third kappa shape index (κ3) is 7.02. The number of hydrogen-bond acceptors (Lipinski definition) is 7. The molecule has 0 N–H and O–H groups in total. The summed E-state index contributed by atoms with van der Waals surface area (Å²) in [5, 5.41) is 11.2. The molecule has 0 aliphatic carbocycles. The van der Waals surface area contributed by atoms with Crippen molar-refractivity contribution in [2.24, 2.45) is 0 Å². The lowest BCUT2D eigenvalue weighted by molar-refractivity contribution is -0.384. The van der Waals surface area contributed by atoms with Crippen molar-refractivity contribution in [3.63, 3.8) is 0 Å². The molecule has 9 heteroatoms. The Hall–Kier alpha value is -5.15. The van der Waals surface area contributed by atoms with E-state index in [4.69, 9.17) is 4.74 Å². The van der Waals surface area contributed by atoms with E-state index in [1.165, 1.54) is 36.6 Å². The van der Waals surface area contributed by atoms with Gasteiger partial charge < -0.3 is 4.74 Å². The summed E-state index contributed by atoms with van der Waals surface area (Å²) in [5.41, 5.74) is 5.79. The molecule has 1 heterocycles. The van der Waals surface area contributed by atoms with Crippen LogP contribution in [0.5, 0.6) is 5.75 Å². The largest absolute Gasteiger partial charge is 0.423 e. The minimum absolute atomic E-state index is 0.104. The lowest BCUT2D eigenvalue weighted by Gasteiger charge is -2.16. The number of non-ortho nitro benzene ring substituents is 1. The molecule has 43 heavy (non-hydrogen) atoms. The SMILES string of the molecule is CC(Cc1cc(-c2cc(-c3ccccc3)ccc2C=CC(=O)Oc2ccc([N+](=O)[O-])cc2)c2ncccc2c1)S(C)(=O)=O. The normalized spacial score (nSPS) is 12.3. The second-order valence-electron chi connectivity index (χ2n) is 10.2. The predicted octanol–water partition coefficient (Wildman–Crippen LogP) is 7.07. The summed E-state index contributed by atoms with van der Waals surface area (Å²) < 4.78 is 29.8. The number of sulfone groups is 1. The van der Waals surface area contributed by atoms with Gasteiger partial charge in [0, 0.05) is 41.6 Å². The van der Waals surface area contributed by atoms with Crippen molar-refractivity contribution in [2.45, 2.75) is 18.6 Å². The molecule has 216 valence electrons. The molecule has 0 spiro atoms. The number of esters is 1. The van der Waals surface area contributed by atoms with E-state index in [0.29, 0.717) is 6.42 Å². The Morgan fingerprint density at radius 1 is 0.930 bits per heavy atom. The molecule has 0 fully saturated rings. The smallest absolute Gasteiger partial charge is 0.336 e. The number of fused-ring (bicyclic) bond motifs is 1. The number of nitro groups is 1.